The van der Waals surface area contributed by atoms with Gasteiger partial charge in [0.2, 0.25) is 0 Å². The third-order valence-corrected chi connectivity index (χ3v) is 4.78. The van der Waals surface area contributed by atoms with Crippen LogP contribution >= 0.6 is 0 Å². The van der Waals surface area contributed by atoms with Gasteiger partial charge in [-0.25, -0.2) is 0 Å². The molecule has 0 aliphatic carbocycles. The van der Waals surface area contributed by atoms with Crippen molar-refractivity contribution in [3.8, 4) is 0 Å². The molecule has 0 unspecified atom stereocenters. The van der Waals surface area contributed by atoms with Crippen molar-refractivity contribution in [3.63, 3.8) is 0 Å². The molecule has 0 fully saturated rings. The first-order chi connectivity index (χ1) is 8.43. The topological polar surface area (TPSA) is 12.9 Å². The Balaban J connectivity index is 2.06. The number of nitrogens with zero attached hydrogens (tertiary/aromatic N) is 1. The minimum absolute atomic E-state index is 0.328. The van der Waals surface area contributed by atoms with E-state index in [4.69, 9.17) is 0 Å². The Bertz CT molecular complexity index is 629. The summed E-state index contributed by atoms with van der Waals surface area (Å²) in [5.74, 6) is 0. The third-order valence-electron chi connectivity index (χ3n) is 2.57. The van der Waals surface area contributed by atoms with Gasteiger partial charge in [0.05, 0.1) is 0 Å². The molecule has 1 nitrogen and oxygen atoms in total. The zero-order valence-electron chi connectivity index (χ0n) is 9.21. The van der Waals surface area contributed by atoms with Crippen molar-refractivity contribution in [2.75, 3.05) is 0 Å². The zero-order valence-corrected chi connectivity index (χ0v) is 10.9. The molecular formula is C15H11NSe. The summed E-state index contributed by atoms with van der Waals surface area (Å²) in [6, 6.07) is 21.1. The predicted octanol–water partition coefficient (Wildman–Crippen LogP) is 1.89. The van der Waals surface area contributed by atoms with Gasteiger partial charge in [0.15, 0.2) is 0 Å². The van der Waals surface area contributed by atoms with E-state index in [1.165, 1.54) is 14.3 Å². The first-order valence-electron chi connectivity index (χ1n) is 5.50. The van der Waals surface area contributed by atoms with Gasteiger partial charge >= 0.3 is 107 Å². The van der Waals surface area contributed by atoms with Crippen LogP contribution in [-0.4, -0.2) is 19.9 Å². The van der Waals surface area contributed by atoms with Gasteiger partial charge in [0, 0.05) is 0 Å². The molecule has 0 aliphatic heterocycles. The van der Waals surface area contributed by atoms with E-state index in [0.717, 1.165) is 5.52 Å². The van der Waals surface area contributed by atoms with E-state index in [-0.39, 0.29) is 0 Å². The second-order valence-corrected chi connectivity index (χ2v) is 6.09. The van der Waals surface area contributed by atoms with E-state index in [9.17, 15) is 0 Å². The van der Waals surface area contributed by atoms with Gasteiger partial charge in [-0.15, -0.1) is 0 Å². The summed E-state index contributed by atoms with van der Waals surface area (Å²) < 4.78 is 2.74. The van der Waals surface area contributed by atoms with Crippen molar-refractivity contribution in [3.05, 3.63) is 66.9 Å². The van der Waals surface area contributed by atoms with Gasteiger partial charge in [-0.2, -0.15) is 0 Å². The van der Waals surface area contributed by atoms with E-state index < -0.39 is 0 Å². The SMILES string of the molecule is c1ccc([Se]c2cccc3cccnc23)cc1. The Morgan fingerprint density at radius 3 is 2.47 bits per heavy atom. The predicted molar refractivity (Wildman–Crippen MR) is 73.2 cm³/mol. The zero-order chi connectivity index (χ0) is 11.5. The van der Waals surface area contributed by atoms with E-state index >= 15 is 0 Å². The molecular weight excluding hydrogens is 273 g/mol. The van der Waals surface area contributed by atoms with Crippen molar-refractivity contribution < 1.29 is 0 Å². The van der Waals surface area contributed by atoms with Crippen molar-refractivity contribution >= 4 is 34.8 Å². The standard InChI is InChI=1S/C15H11NSe/c1-2-8-13(9-3-1)17-14-10-4-6-12-7-5-11-16-15(12)14/h1-11H. The van der Waals surface area contributed by atoms with Crippen molar-refractivity contribution in [2.24, 2.45) is 0 Å². The van der Waals surface area contributed by atoms with Crippen molar-refractivity contribution in [1.29, 1.82) is 0 Å². The average molecular weight is 284 g/mol. The molecule has 0 N–H and O–H groups in total. The Morgan fingerprint density at radius 2 is 1.59 bits per heavy atom. The number of fused-ring (bicyclic) bond motifs is 1. The fraction of sp³-hybridized carbons (Fsp3) is 0. The molecule has 17 heavy (non-hydrogen) atoms. The molecule has 0 atom stereocenters. The van der Waals surface area contributed by atoms with Crippen LogP contribution in [0.25, 0.3) is 10.9 Å². The molecule has 2 aromatic carbocycles. The molecule has 0 amide bonds. The maximum atomic E-state index is 4.49. The quantitative estimate of drug-likeness (QED) is 0.655. The molecule has 3 aromatic rings. The monoisotopic (exact) mass is 285 g/mol. The van der Waals surface area contributed by atoms with Crippen LogP contribution in [-0.2, 0) is 0 Å². The number of rotatable bonds is 2. The van der Waals surface area contributed by atoms with Gasteiger partial charge in [-0.1, -0.05) is 0 Å². The summed E-state index contributed by atoms with van der Waals surface area (Å²) in [7, 11) is 0. The minimum atomic E-state index is 0.328. The molecule has 1 heterocycles. The van der Waals surface area contributed by atoms with Crippen LogP contribution < -0.4 is 8.92 Å². The fourth-order valence-corrected chi connectivity index (χ4v) is 3.79. The first kappa shape index (κ1) is 10.5. The number of hydrogen-bond acceptors (Lipinski definition) is 1. The number of hydrogen-bond donors (Lipinski definition) is 0. The molecule has 0 saturated carbocycles. The molecule has 2 heteroatoms. The summed E-state index contributed by atoms with van der Waals surface area (Å²) in [4.78, 5) is 4.49. The van der Waals surface area contributed by atoms with E-state index in [2.05, 4.69) is 59.6 Å². The van der Waals surface area contributed by atoms with Crippen molar-refractivity contribution in [1.82, 2.24) is 4.98 Å². The molecule has 0 saturated heterocycles. The Labute approximate surface area is 107 Å². The summed E-state index contributed by atoms with van der Waals surface area (Å²) >= 11 is 0.328. The Hall–Kier alpha value is -1.63. The van der Waals surface area contributed by atoms with Crippen LogP contribution in [0.1, 0.15) is 0 Å². The van der Waals surface area contributed by atoms with Gasteiger partial charge in [-0.05, 0) is 0 Å². The van der Waals surface area contributed by atoms with E-state index in [1.807, 2.05) is 12.3 Å². The summed E-state index contributed by atoms with van der Waals surface area (Å²) in [6.07, 6.45) is 1.87. The molecule has 82 valence electrons. The second kappa shape index (κ2) is 4.70. The van der Waals surface area contributed by atoms with Gasteiger partial charge < -0.3 is 0 Å². The van der Waals surface area contributed by atoms with Gasteiger partial charge in [0.1, 0.15) is 0 Å². The summed E-state index contributed by atoms with van der Waals surface area (Å²) in [5, 5.41) is 1.22. The number of pyridine rings is 1. The number of benzene rings is 2. The Kier molecular flexibility index (Phi) is 2.91. The fourth-order valence-electron chi connectivity index (χ4n) is 1.77. The van der Waals surface area contributed by atoms with E-state index in [0.29, 0.717) is 15.0 Å². The van der Waals surface area contributed by atoms with E-state index in [1.54, 1.807) is 0 Å². The third kappa shape index (κ3) is 2.23. The summed E-state index contributed by atoms with van der Waals surface area (Å²) in [6.45, 7) is 0. The van der Waals surface area contributed by atoms with Crippen LogP contribution in [0, 0.1) is 0 Å². The van der Waals surface area contributed by atoms with Gasteiger partial charge in [0.25, 0.3) is 0 Å². The molecule has 0 spiro atoms. The van der Waals surface area contributed by atoms with Crippen LogP contribution in [0.2, 0.25) is 0 Å². The molecule has 3 rings (SSSR count). The second-order valence-electron chi connectivity index (χ2n) is 3.75. The maximum absolute atomic E-state index is 4.49. The van der Waals surface area contributed by atoms with Crippen LogP contribution in [0.5, 0.6) is 0 Å². The molecule has 0 aliphatic rings. The molecule has 0 bridgehead atoms. The van der Waals surface area contributed by atoms with Crippen LogP contribution in [0.4, 0.5) is 0 Å². The van der Waals surface area contributed by atoms with Gasteiger partial charge in [-0.3, -0.25) is 0 Å². The first-order valence-corrected chi connectivity index (χ1v) is 7.21. The number of aromatic nitrogens is 1. The molecule has 0 radical (unpaired) electrons. The Morgan fingerprint density at radius 1 is 0.765 bits per heavy atom. The molecule has 1 aromatic heterocycles. The van der Waals surface area contributed by atoms with Crippen LogP contribution in [0.15, 0.2) is 66.9 Å². The van der Waals surface area contributed by atoms with Crippen molar-refractivity contribution in [2.45, 2.75) is 0 Å². The number of para-hydroxylation sites is 1. The summed E-state index contributed by atoms with van der Waals surface area (Å²) in [5.41, 5.74) is 1.14. The van der Waals surface area contributed by atoms with Crippen LogP contribution in [0.3, 0.4) is 0 Å². The average Bonchev–Trinajstić information content (AvgIpc) is 2.40. The normalized spacial score (nSPS) is 10.6.